The molecule has 3 atom stereocenters. The minimum absolute atomic E-state index is 0. The average Bonchev–Trinajstić information content (AvgIpc) is 3.01. The number of halogens is 1. The number of piperidine rings is 1. The summed E-state index contributed by atoms with van der Waals surface area (Å²) in [5.74, 6) is 1.74. The third-order valence-corrected chi connectivity index (χ3v) is 6.29. The number of guanidine groups is 1. The number of aliphatic imine (C=N–C) groups is 1. The smallest absolute Gasteiger partial charge is 0.191 e. The lowest BCUT2D eigenvalue weighted by Gasteiger charge is -2.35. The van der Waals surface area contributed by atoms with E-state index in [-0.39, 0.29) is 24.0 Å². The van der Waals surface area contributed by atoms with Crippen LogP contribution in [0.1, 0.15) is 52.9 Å². The first-order chi connectivity index (χ1) is 11.1. The van der Waals surface area contributed by atoms with Gasteiger partial charge in [0.2, 0.25) is 0 Å². The first-order valence-corrected chi connectivity index (χ1v) is 10.7. The molecular weight excluding hydrogens is 431 g/mol. The molecule has 1 saturated carbocycles. The highest BCUT2D eigenvalue weighted by Gasteiger charge is 2.25. The van der Waals surface area contributed by atoms with Gasteiger partial charge in [-0.2, -0.15) is 11.8 Å². The summed E-state index contributed by atoms with van der Waals surface area (Å²) in [7, 11) is 0. The quantitative estimate of drug-likeness (QED) is 0.355. The van der Waals surface area contributed by atoms with E-state index in [0.29, 0.717) is 18.0 Å². The Labute approximate surface area is 170 Å². The lowest BCUT2D eigenvalue weighted by Crippen LogP contribution is -2.44. The molecule has 142 valence electrons. The first-order valence-electron chi connectivity index (χ1n) is 9.44. The van der Waals surface area contributed by atoms with Gasteiger partial charge in [0.15, 0.2) is 5.96 Å². The van der Waals surface area contributed by atoms with Crippen molar-refractivity contribution < 1.29 is 0 Å². The van der Waals surface area contributed by atoms with Crippen LogP contribution in [0.3, 0.4) is 0 Å². The summed E-state index contributed by atoms with van der Waals surface area (Å²) in [4.78, 5) is 7.51. The van der Waals surface area contributed by atoms with Crippen LogP contribution in [0.25, 0.3) is 0 Å². The molecule has 0 amide bonds. The Morgan fingerprint density at radius 1 is 1.29 bits per heavy atom. The van der Waals surface area contributed by atoms with Crippen molar-refractivity contribution in [1.29, 1.82) is 0 Å². The van der Waals surface area contributed by atoms with E-state index in [1.165, 1.54) is 45.2 Å². The SMILES string of the molecule is CCNC(=NCC1CCCN(C(C)C)C1)NC1CCC(SC)C1.I. The van der Waals surface area contributed by atoms with Gasteiger partial charge in [0.1, 0.15) is 0 Å². The molecular formula is C18H37IN4S. The second kappa shape index (κ2) is 11.8. The van der Waals surface area contributed by atoms with Crippen LogP contribution in [0.2, 0.25) is 0 Å². The number of hydrogen-bond donors (Lipinski definition) is 2. The molecule has 0 aromatic carbocycles. The molecule has 1 aliphatic carbocycles. The molecule has 1 saturated heterocycles. The molecule has 0 bridgehead atoms. The highest BCUT2D eigenvalue weighted by molar-refractivity contribution is 14.0. The summed E-state index contributed by atoms with van der Waals surface area (Å²) in [5.41, 5.74) is 0. The largest absolute Gasteiger partial charge is 0.357 e. The molecule has 2 N–H and O–H groups in total. The first kappa shape index (κ1) is 22.4. The lowest BCUT2D eigenvalue weighted by atomic mass is 9.97. The van der Waals surface area contributed by atoms with Gasteiger partial charge in [0.25, 0.3) is 0 Å². The van der Waals surface area contributed by atoms with E-state index in [1.807, 2.05) is 11.8 Å². The fourth-order valence-corrected chi connectivity index (χ4v) is 4.53. The highest BCUT2D eigenvalue weighted by Crippen LogP contribution is 2.28. The molecule has 0 spiro atoms. The number of hydrogen-bond acceptors (Lipinski definition) is 3. The van der Waals surface area contributed by atoms with Crippen LogP contribution in [-0.4, -0.2) is 60.6 Å². The van der Waals surface area contributed by atoms with E-state index < -0.39 is 0 Å². The zero-order valence-corrected chi connectivity index (χ0v) is 19.0. The van der Waals surface area contributed by atoms with Gasteiger partial charge in [-0.05, 0) is 71.6 Å². The molecule has 0 radical (unpaired) electrons. The van der Waals surface area contributed by atoms with Crippen LogP contribution >= 0.6 is 35.7 Å². The normalized spacial score (nSPS) is 28.7. The monoisotopic (exact) mass is 468 g/mol. The number of nitrogens with zero attached hydrogens (tertiary/aromatic N) is 2. The highest BCUT2D eigenvalue weighted by atomic mass is 127. The van der Waals surface area contributed by atoms with Gasteiger partial charge in [-0.3, -0.25) is 4.99 Å². The molecule has 6 heteroatoms. The standard InChI is InChI=1S/C18H36N4S.HI/c1-5-19-18(21-16-8-9-17(11-16)23-4)20-12-15-7-6-10-22(13-15)14(2)3;/h14-17H,5-13H2,1-4H3,(H2,19,20,21);1H. The third kappa shape index (κ3) is 7.28. The van der Waals surface area contributed by atoms with Crippen molar-refractivity contribution in [2.45, 2.75) is 70.2 Å². The zero-order chi connectivity index (χ0) is 16.7. The minimum atomic E-state index is 0. The second-order valence-corrected chi connectivity index (χ2v) is 8.47. The number of likely N-dealkylation sites (tertiary alicyclic amines) is 1. The van der Waals surface area contributed by atoms with Gasteiger partial charge in [-0.25, -0.2) is 0 Å². The lowest BCUT2D eigenvalue weighted by molar-refractivity contribution is 0.143. The molecule has 24 heavy (non-hydrogen) atoms. The number of rotatable bonds is 6. The van der Waals surface area contributed by atoms with E-state index in [1.54, 1.807) is 0 Å². The van der Waals surface area contributed by atoms with E-state index in [0.717, 1.165) is 24.3 Å². The van der Waals surface area contributed by atoms with Crippen LogP contribution < -0.4 is 10.6 Å². The third-order valence-electron chi connectivity index (χ3n) is 5.19. The Kier molecular flexibility index (Phi) is 11.0. The van der Waals surface area contributed by atoms with Gasteiger partial charge >= 0.3 is 0 Å². The minimum Gasteiger partial charge on any atom is -0.357 e. The van der Waals surface area contributed by atoms with Crippen molar-refractivity contribution in [3.05, 3.63) is 0 Å². The van der Waals surface area contributed by atoms with Gasteiger partial charge < -0.3 is 15.5 Å². The maximum Gasteiger partial charge on any atom is 0.191 e. The summed E-state index contributed by atoms with van der Waals surface area (Å²) in [5, 5.41) is 7.93. The van der Waals surface area contributed by atoms with Gasteiger partial charge in [-0.1, -0.05) is 0 Å². The average molecular weight is 468 g/mol. The Balaban J connectivity index is 0.00000288. The van der Waals surface area contributed by atoms with Crippen molar-refractivity contribution >= 4 is 41.7 Å². The van der Waals surface area contributed by atoms with Crippen molar-refractivity contribution in [3.8, 4) is 0 Å². The molecule has 3 unspecified atom stereocenters. The van der Waals surface area contributed by atoms with Crippen molar-refractivity contribution in [2.75, 3.05) is 32.4 Å². The maximum absolute atomic E-state index is 4.91. The van der Waals surface area contributed by atoms with Gasteiger partial charge in [0, 0.05) is 37.0 Å². The molecule has 0 aromatic heterocycles. The van der Waals surface area contributed by atoms with Crippen molar-refractivity contribution in [2.24, 2.45) is 10.9 Å². The van der Waals surface area contributed by atoms with Gasteiger partial charge in [0.05, 0.1) is 0 Å². The molecule has 1 heterocycles. The molecule has 2 fully saturated rings. The van der Waals surface area contributed by atoms with Crippen LogP contribution in [0, 0.1) is 5.92 Å². The van der Waals surface area contributed by atoms with Crippen LogP contribution in [0.5, 0.6) is 0 Å². The van der Waals surface area contributed by atoms with Crippen LogP contribution in [0.4, 0.5) is 0 Å². The zero-order valence-electron chi connectivity index (χ0n) is 15.9. The molecule has 4 nitrogen and oxygen atoms in total. The molecule has 2 rings (SSSR count). The van der Waals surface area contributed by atoms with E-state index in [2.05, 4.69) is 42.6 Å². The number of nitrogens with one attached hydrogen (secondary N) is 2. The van der Waals surface area contributed by atoms with Crippen LogP contribution in [-0.2, 0) is 0 Å². The van der Waals surface area contributed by atoms with Crippen molar-refractivity contribution in [1.82, 2.24) is 15.5 Å². The molecule has 0 aromatic rings. The molecule has 1 aliphatic heterocycles. The maximum atomic E-state index is 4.91. The molecule has 2 aliphatic rings. The summed E-state index contributed by atoms with van der Waals surface area (Å²) in [6, 6.07) is 1.26. The van der Waals surface area contributed by atoms with Gasteiger partial charge in [-0.15, -0.1) is 24.0 Å². The fourth-order valence-electron chi connectivity index (χ4n) is 3.73. The fraction of sp³-hybridized carbons (Fsp3) is 0.944. The topological polar surface area (TPSA) is 39.7 Å². The van der Waals surface area contributed by atoms with Crippen LogP contribution in [0.15, 0.2) is 4.99 Å². The number of thioether (sulfide) groups is 1. The van der Waals surface area contributed by atoms with E-state index >= 15 is 0 Å². The predicted molar refractivity (Wildman–Crippen MR) is 119 cm³/mol. The summed E-state index contributed by atoms with van der Waals surface area (Å²) in [6.07, 6.45) is 8.77. The summed E-state index contributed by atoms with van der Waals surface area (Å²) >= 11 is 2.01. The summed E-state index contributed by atoms with van der Waals surface area (Å²) in [6.45, 7) is 11.1. The Morgan fingerprint density at radius 3 is 2.71 bits per heavy atom. The van der Waals surface area contributed by atoms with Crippen molar-refractivity contribution in [3.63, 3.8) is 0 Å². The Bertz CT molecular complexity index is 378. The second-order valence-electron chi connectivity index (χ2n) is 7.33. The predicted octanol–water partition coefficient (Wildman–Crippen LogP) is 3.56. The van der Waals surface area contributed by atoms with E-state index in [9.17, 15) is 0 Å². The Hall–Kier alpha value is 0.310. The Morgan fingerprint density at radius 2 is 2.08 bits per heavy atom. The van der Waals surface area contributed by atoms with E-state index in [4.69, 9.17) is 4.99 Å². The summed E-state index contributed by atoms with van der Waals surface area (Å²) < 4.78 is 0.